The van der Waals surface area contributed by atoms with Crippen molar-refractivity contribution in [3.8, 4) is 0 Å². The van der Waals surface area contributed by atoms with Crippen molar-refractivity contribution in [3.05, 3.63) is 23.5 Å². The van der Waals surface area contributed by atoms with E-state index in [2.05, 4.69) is 25.1 Å². The number of hydrogen-bond acceptors (Lipinski definition) is 7. The van der Waals surface area contributed by atoms with Crippen LogP contribution in [0, 0.1) is 13.8 Å². The molecular formula is C15H21N7O3S. The molecule has 11 heteroatoms. The molecule has 0 aliphatic carbocycles. The molecule has 2 aromatic heterocycles. The molecule has 0 radical (unpaired) electrons. The zero-order chi connectivity index (χ0) is 18.9. The monoisotopic (exact) mass is 379 g/mol. The molecule has 1 amide bonds. The molecule has 140 valence electrons. The van der Waals surface area contributed by atoms with Crippen molar-refractivity contribution in [3.63, 3.8) is 0 Å². The number of sulfonamides is 1. The maximum Gasteiger partial charge on any atom is 0.266 e. The summed E-state index contributed by atoms with van der Waals surface area (Å²) in [4.78, 5) is 15.3. The van der Waals surface area contributed by atoms with Gasteiger partial charge in [-0.05, 0) is 26.0 Å². The number of carbonyl (C=O) groups is 1. The Labute approximate surface area is 151 Å². The maximum atomic E-state index is 12.5. The van der Waals surface area contributed by atoms with Crippen molar-refractivity contribution in [1.82, 2.24) is 25.3 Å². The molecule has 0 saturated carbocycles. The van der Waals surface area contributed by atoms with Gasteiger partial charge in [-0.1, -0.05) is 0 Å². The highest BCUT2D eigenvalue weighted by atomic mass is 32.2. The van der Waals surface area contributed by atoms with E-state index >= 15 is 0 Å². The standard InChI is InChI=1S/C15H21N7O3S/c1-10-15(11(2)17-16-10)26(24,25)20-13-4-5-14(19-18-13)22-8-6-21(7-9-22)12(3)23/h4-5H,6-9H2,1-3H3,(H,16,17)(H,18,20). The van der Waals surface area contributed by atoms with Crippen molar-refractivity contribution < 1.29 is 13.2 Å². The van der Waals surface area contributed by atoms with Crippen LogP contribution in [-0.2, 0) is 14.8 Å². The van der Waals surface area contributed by atoms with Crippen LogP contribution in [0.1, 0.15) is 18.3 Å². The van der Waals surface area contributed by atoms with E-state index in [-0.39, 0.29) is 16.6 Å². The van der Waals surface area contributed by atoms with Gasteiger partial charge in [0.15, 0.2) is 11.6 Å². The molecule has 0 aromatic carbocycles. The number of nitrogens with zero attached hydrogens (tertiary/aromatic N) is 5. The molecule has 1 aliphatic rings. The lowest BCUT2D eigenvalue weighted by Crippen LogP contribution is -2.48. The highest BCUT2D eigenvalue weighted by molar-refractivity contribution is 7.92. The quantitative estimate of drug-likeness (QED) is 0.782. The van der Waals surface area contributed by atoms with E-state index in [9.17, 15) is 13.2 Å². The zero-order valence-corrected chi connectivity index (χ0v) is 15.7. The molecule has 2 N–H and O–H groups in total. The number of anilines is 2. The van der Waals surface area contributed by atoms with Crippen molar-refractivity contribution in [2.45, 2.75) is 25.7 Å². The summed E-state index contributed by atoms with van der Waals surface area (Å²) in [6.45, 7) is 7.39. The summed E-state index contributed by atoms with van der Waals surface area (Å²) in [6, 6.07) is 3.28. The third-order valence-corrected chi connectivity index (χ3v) is 5.88. The first-order valence-corrected chi connectivity index (χ1v) is 9.65. The average Bonchev–Trinajstić information content (AvgIpc) is 2.95. The Balaban J connectivity index is 1.70. The van der Waals surface area contributed by atoms with E-state index in [0.29, 0.717) is 43.4 Å². The Hall–Kier alpha value is -2.69. The molecule has 0 unspecified atom stereocenters. The summed E-state index contributed by atoms with van der Waals surface area (Å²) < 4.78 is 27.4. The highest BCUT2D eigenvalue weighted by Crippen LogP contribution is 2.20. The summed E-state index contributed by atoms with van der Waals surface area (Å²) in [5.41, 5.74) is 0.853. The van der Waals surface area contributed by atoms with Gasteiger partial charge in [-0.15, -0.1) is 10.2 Å². The fourth-order valence-electron chi connectivity index (χ4n) is 2.92. The SMILES string of the molecule is CC(=O)N1CCN(c2ccc(NS(=O)(=O)c3c(C)n[nH]c3C)nn2)CC1. The van der Waals surface area contributed by atoms with Gasteiger partial charge in [0.05, 0.1) is 11.4 Å². The lowest BCUT2D eigenvalue weighted by Gasteiger charge is -2.34. The Morgan fingerprint density at radius 3 is 2.35 bits per heavy atom. The van der Waals surface area contributed by atoms with Gasteiger partial charge < -0.3 is 9.80 Å². The van der Waals surface area contributed by atoms with Gasteiger partial charge in [0, 0.05) is 33.1 Å². The van der Waals surface area contributed by atoms with Crippen molar-refractivity contribution in [1.29, 1.82) is 0 Å². The van der Waals surface area contributed by atoms with Crippen LogP contribution in [0.15, 0.2) is 17.0 Å². The van der Waals surface area contributed by atoms with Crippen LogP contribution in [0.4, 0.5) is 11.6 Å². The normalized spacial score (nSPS) is 15.2. The Morgan fingerprint density at radius 2 is 1.85 bits per heavy atom. The van der Waals surface area contributed by atoms with Crippen molar-refractivity contribution in [2.24, 2.45) is 0 Å². The molecule has 3 heterocycles. The first kappa shape index (κ1) is 18.1. The minimum Gasteiger partial charge on any atom is -0.352 e. The number of hydrogen-bond donors (Lipinski definition) is 2. The van der Waals surface area contributed by atoms with E-state index in [0.717, 1.165) is 0 Å². The van der Waals surface area contributed by atoms with Gasteiger partial charge >= 0.3 is 0 Å². The van der Waals surface area contributed by atoms with Crippen LogP contribution in [0.2, 0.25) is 0 Å². The first-order valence-electron chi connectivity index (χ1n) is 8.16. The molecular weight excluding hydrogens is 358 g/mol. The Morgan fingerprint density at radius 1 is 1.15 bits per heavy atom. The molecule has 0 atom stereocenters. The van der Waals surface area contributed by atoms with E-state index < -0.39 is 10.0 Å². The molecule has 1 fully saturated rings. The van der Waals surface area contributed by atoms with Gasteiger partial charge in [0.25, 0.3) is 10.0 Å². The number of nitrogens with one attached hydrogen (secondary N) is 2. The number of carbonyl (C=O) groups excluding carboxylic acids is 1. The minimum atomic E-state index is -3.79. The highest BCUT2D eigenvalue weighted by Gasteiger charge is 2.24. The average molecular weight is 379 g/mol. The number of H-pyrrole nitrogens is 1. The third kappa shape index (κ3) is 3.62. The topological polar surface area (TPSA) is 124 Å². The largest absolute Gasteiger partial charge is 0.352 e. The summed E-state index contributed by atoms with van der Waals surface area (Å²) in [5, 5.41) is 14.6. The summed E-state index contributed by atoms with van der Waals surface area (Å²) >= 11 is 0. The van der Waals surface area contributed by atoms with Gasteiger partial charge in [-0.25, -0.2) is 8.42 Å². The summed E-state index contributed by atoms with van der Waals surface area (Å²) in [6.07, 6.45) is 0. The van der Waals surface area contributed by atoms with Crippen molar-refractivity contribution >= 4 is 27.6 Å². The third-order valence-electron chi connectivity index (χ3n) is 4.27. The van der Waals surface area contributed by atoms with E-state index in [4.69, 9.17) is 0 Å². The second kappa shape index (κ2) is 6.90. The first-order chi connectivity index (χ1) is 12.3. The van der Waals surface area contributed by atoms with Gasteiger partial charge in [0.1, 0.15) is 4.90 Å². The molecule has 3 rings (SSSR count). The number of aromatic amines is 1. The lowest BCUT2D eigenvalue weighted by atomic mass is 10.3. The predicted octanol–water partition coefficient (Wildman–Crippen LogP) is 0.286. The zero-order valence-electron chi connectivity index (χ0n) is 14.9. The fourth-order valence-corrected chi connectivity index (χ4v) is 4.29. The van der Waals surface area contributed by atoms with Crippen LogP contribution in [-0.4, -0.2) is 65.8 Å². The summed E-state index contributed by atoms with van der Waals surface area (Å²) in [7, 11) is -3.79. The van der Waals surface area contributed by atoms with Gasteiger partial charge in [0.2, 0.25) is 5.91 Å². The number of amides is 1. The molecule has 2 aromatic rings. The number of aryl methyl sites for hydroxylation is 2. The van der Waals surface area contributed by atoms with E-state index in [1.54, 1.807) is 37.8 Å². The van der Waals surface area contributed by atoms with Crippen LogP contribution < -0.4 is 9.62 Å². The van der Waals surface area contributed by atoms with Crippen LogP contribution in [0.3, 0.4) is 0 Å². The molecule has 0 spiro atoms. The molecule has 10 nitrogen and oxygen atoms in total. The molecule has 1 saturated heterocycles. The summed E-state index contributed by atoms with van der Waals surface area (Å²) in [5.74, 6) is 0.841. The van der Waals surface area contributed by atoms with Crippen LogP contribution >= 0.6 is 0 Å². The predicted molar refractivity (Wildman–Crippen MR) is 95.4 cm³/mol. The Bertz CT molecular complexity index is 880. The second-order valence-electron chi connectivity index (χ2n) is 6.14. The lowest BCUT2D eigenvalue weighted by molar-refractivity contribution is -0.129. The van der Waals surface area contributed by atoms with E-state index in [1.807, 2.05) is 4.90 Å². The fraction of sp³-hybridized carbons (Fsp3) is 0.467. The number of aromatic nitrogens is 4. The minimum absolute atomic E-state index is 0.0605. The Kier molecular flexibility index (Phi) is 4.81. The number of piperazine rings is 1. The molecule has 26 heavy (non-hydrogen) atoms. The van der Waals surface area contributed by atoms with Crippen molar-refractivity contribution in [2.75, 3.05) is 35.8 Å². The molecule has 1 aliphatic heterocycles. The smallest absolute Gasteiger partial charge is 0.266 e. The molecule has 0 bridgehead atoms. The second-order valence-corrected chi connectivity index (χ2v) is 7.76. The van der Waals surface area contributed by atoms with Gasteiger partial charge in [-0.2, -0.15) is 5.10 Å². The van der Waals surface area contributed by atoms with Gasteiger partial charge in [-0.3, -0.25) is 14.6 Å². The van der Waals surface area contributed by atoms with Crippen LogP contribution in [0.25, 0.3) is 0 Å². The maximum absolute atomic E-state index is 12.5. The number of rotatable bonds is 4. The van der Waals surface area contributed by atoms with Crippen LogP contribution in [0.5, 0.6) is 0 Å². The van der Waals surface area contributed by atoms with E-state index in [1.165, 1.54) is 0 Å².